The van der Waals surface area contributed by atoms with Crippen LogP contribution >= 0.6 is 15.9 Å². The average molecular weight is 308 g/mol. The highest BCUT2D eigenvalue weighted by molar-refractivity contribution is 9.10. The number of nitrogens with one attached hydrogen (secondary N) is 1. The highest BCUT2D eigenvalue weighted by atomic mass is 79.9. The van der Waals surface area contributed by atoms with Gasteiger partial charge < -0.3 is 5.32 Å². The second-order valence-corrected chi connectivity index (χ2v) is 6.95. The van der Waals surface area contributed by atoms with Crippen molar-refractivity contribution in [2.75, 3.05) is 6.54 Å². The van der Waals surface area contributed by atoms with Crippen molar-refractivity contribution in [3.63, 3.8) is 0 Å². The van der Waals surface area contributed by atoms with Crippen LogP contribution in [0.3, 0.4) is 0 Å². The molecule has 0 spiro atoms. The van der Waals surface area contributed by atoms with Gasteiger partial charge in [0.25, 0.3) is 0 Å². The summed E-state index contributed by atoms with van der Waals surface area (Å²) in [5.74, 6) is 1.05. The maximum absolute atomic E-state index is 3.82. The van der Waals surface area contributed by atoms with Crippen LogP contribution in [0.5, 0.6) is 0 Å². The van der Waals surface area contributed by atoms with E-state index in [1.165, 1.54) is 42.3 Å². The molecule has 0 saturated heterocycles. The monoisotopic (exact) mass is 307 g/mol. The average Bonchev–Trinajstić information content (AvgIpc) is 3.24. The predicted molar refractivity (Wildman–Crippen MR) is 79.6 cm³/mol. The van der Waals surface area contributed by atoms with Gasteiger partial charge in [-0.25, -0.2) is 0 Å². The van der Waals surface area contributed by atoms with Crippen LogP contribution in [0.15, 0.2) is 28.7 Å². The fourth-order valence-electron chi connectivity index (χ4n) is 3.13. The van der Waals surface area contributed by atoms with Crippen molar-refractivity contribution in [1.29, 1.82) is 0 Å². The summed E-state index contributed by atoms with van der Waals surface area (Å²) >= 11 is 3.57. The molecule has 2 aliphatic rings. The smallest absolute Gasteiger partial charge is 0.0318 e. The Morgan fingerprint density at radius 3 is 2.72 bits per heavy atom. The first-order chi connectivity index (χ1) is 8.73. The summed E-state index contributed by atoms with van der Waals surface area (Å²) in [6, 6.07) is 9.24. The van der Waals surface area contributed by atoms with Gasteiger partial charge in [0.2, 0.25) is 0 Å². The fourth-order valence-corrected chi connectivity index (χ4v) is 3.55. The Morgan fingerprint density at radius 1 is 1.39 bits per heavy atom. The lowest BCUT2D eigenvalue weighted by Crippen LogP contribution is -2.29. The van der Waals surface area contributed by atoms with Gasteiger partial charge in [-0.15, -0.1) is 0 Å². The predicted octanol–water partition coefficient (Wildman–Crippen LogP) is 4.68. The highest BCUT2D eigenvalue weighted by Gasteiger charge is 2.53. The third-order valence-electron chi connectivity index (χ3n) is 4.70. The molecule has 1 nitrogen and oxygen atoms in total. The molecule has 1 unspecified atom stereocenters. The van der Waals surface area contributed by atoms with Crippen molar-refractivity contribution in [3.05, 3.63) is 34.3 Å². The molecule has 3 rings (SSSR count). The first-order valence-electron chi connectivity index (χ1n) is 7.22. The zero-order valence-electron chi connectivity index (χ0n) is 11.1. The van der Waals surface area contributed by atoms with Crippen LogP contribution in [0.4, 0.5) is 0 Å². The molecule has 1 aromatic rings. The van der Waals surface area contributed by atoms with E-state index in [9.17, 15) is 0 Å². The van der Waals surface area contributed by atoms with Crippen molar-refractivity contribution in [1.82, 2.24) is 5.32 Å². The minimum Gasteiger partial charge on any atom is -0.309 e. The molecule has 1 atom stereocenters. The zero-order chi connectivity index (χ0) is 12.6. The van der Waals surface area contributed by atoms with Crippen LogP contribution in [0, 0.1) is 11.3 Å². The van der Waals surface area contributed by atoms with Gasteiger partial charge in [-0.1, -0.05) is 35.0 Å². The van der Waals surface area contributed by atoms with Crippen molar-refractivity contribution in [2.24, 2.45) is 11.3 Å². The lowest BCUT2D eigenvalue weighted by molar-refractivity contribution is 0.370. The topological polar surface area (TPSA) is 12.0 Å². The van der Waals surface area contributed by atoms with Crippen molar-refractivity contribution in [3.8, 4) is 0 Å². The van der Waals surface area contributed by atoms with Crippen LogP contribution in [0.2, 0.25) is 0 Å². The summed E-state index contributed by atoms with van der Waals surface area (Å²) in [5.41, 5.74) is 2.11. The summed E-state index contributed by atoms with van der Waals surface area (Å²) in [6.45, 7) is 3.50. The van der Waals surface area contributed by atoms with Gasteiger partial charge >= 0.3 is 0 Å². The molecule has 2 fully saturated rings. The Labute approximate surface area is 118 Å². The molecule has 0 aromatic heterocycles. The zero-order valence-corrected chi connectivity index (χ0v) is 12.7. The van der Waals surface area contributed by atoms with Gasteiger partial charge in [-0.2, -0.15) is 0 Å². The Balaban J connectivity index is 1.62. The number of halogens is 1. The van der Waals surface area contributed by atoms with Gasteiger partial charge in [0.05, 0.1) is 0 Å². The molecule has 1 N–H and O–H groups in total. The molecule has 0 amide bonds. The number of benzene rings is 1. The Bertz CT molecular complexity index is 421. The Kier molecular flexibility index (Phi) is 3.50. The first kappa shape index (κ1) is 12.7. The van der Waals surface area contributed by atoms with Crippen LogP contribution in [-0.4, -0.2) is 6.54 Å². The van der Waals surface area contributed by atoms with E-state index >= 15 is 0 Å². The molecule has 1 aromatic carbocycles. The summed E-state index contributed by atoms with van der Waals surface area (Å²) < 4.78 is 1.18. The third-order valence-corrected chi connectivity index (χ3v) is 5.19. The van der Waals surface area contributed by atoms with Crippen LogP contribution < -0.4 is 5.32 Å². The molecule has 2 heteroatoms. The van der Waals surface area contributed by atoms with Gasteiger partial charge in [-0.05, 0) is 61.1 Å². The Hall–Kier alpha value is -0.340. The third kappa shape index (κ3) is 2.65. The maximum atomic E-state index is 3.82. The summed E-state index contributed by atoms with van der Waals surface area (Å²) in [7, 11) is 0. The van der Waals surface area contributed by atoms with E-state index in [0.717, 1.165) is 12.3 Å². The van der Waals surface area contributed by atoms with Gasteiger partial charge in [0.15, 0.2) is 0 Å². The largest absolute Gasteiger partial charge is 0.309 e. The molecule has 2 saturated carbocycles. The molecular formula is C16H22BrN. The molecule has 0 aliphatic heterocycles. The quantitative estimate of drug-likeness (QED) is 0.804. The second-order valence-electron chi connectivity index (χ2n) is 6.03. The molecule has 2 aliphatic carbocycles. The van der Waals surface area contributed by atoms with Crippen molar-refractivity contribution >= 4 is 15.9 Å². The van der Waals surface area contributed by atoms with Crippen molar-refractivity contribution in [2.45, 2.75) is 45.1 Å². The van der Waals surface area contributed by atoms with Crippen LogP contribution in [0.1, 0.15) is 50.6 Å². The first-order valence-corrected chi connectivity index (χ1v) is 8.02. The highest BCUT2D eigenvalue weighted by Crippen LogP contribution is 2.61. The number of rotatable bonds is 6. The van der Waals surface area contributed by atoms with E-state index in [0.29, 0.717) is 11.5 Å². The lowest BCUT2D eigenvalue weighted by atomic mass is 9.98. The summed E-state index contributed by atoms with van der Waals surface area (Å²) in [5, 5.41) is 3.82. The minimum atomic E-state index is 0.513. The van der Waals surface area contributed by atoms with E-state index in [1.807, 2.05) is 0 Å². The normalized spacial score (nSPS) is 22.8. The SMILES string of the molecule is CCC(NCC1(C2CC2)CC1)c1cccc(Br)c1. The molecule has 98 valence electrons. The van der Waals surface area contributed by atoms with Gasteiger partial charge in [0.1, 0.15) is 0 Å². The second kappa shape index (κ2) is 4.97. The standard InChI is InChI=1S/C16H22BrN/c1-2-15(12-4-3-5-14(17)10-12)18-11-16(8-9-16)13-6-7-13/h3-5,10,13,15,18H,2,6-9,11H2,1H3. The van der Waals surface area contributed by atoms with E-state index in [2.05, 4.69) is 52.4 Å². The van der Waals surface area contributed by atoms with Gasteiger partial charge in [0, 0.05) is 17.1 Å². The Morgan fingerprint density at radius 2 is 2.17 bits per heavy atom. The van der Waals surface area contributed by atoms with Crippen molar-refractivity contribution < 1.29 is 0 Å². The van der Waals surface area contributed by atoms with Gasteiger partial charge in [-0.3, -0.25) is 0 Å². The van der Waals surface area contributed by atoms with E-state index < -0.39 is 0 Å². The van der Waals surface area contributed by atoms with Crippen LogP contribution in [-0.2, 0) is 0 Å². The summed E-state index contributed by atoms with van der Waals surface area (Å²) in [4.78, 5) is 0. The lowest BCUT2D eigenvalue weighted by Gasteiger charge is -2.22. The molecule has 0 bridgehead atoms. The molecule has 0 radical (unpaired) electrons. The fraction of sp³-hybridized carbons (Fsp3) is 0.625. The maximum Gasteiger partial charge on any atom is 0.0318 e. The van der Waals surface area contributed by atoms with Crippen LogP contribution in [0.25, 0.3) is 0 Å². The minimum absolute atomic E-state index is 0.513. The van der Waals surface area contributed by atoms with E-state index in [4.69, 9.17) is 0 Å². The number of hydrogen-bond donors (Lipinski definition) is 1. The molecule has 18 heavy (non-hydrogen) atoms. The summed E-state index contributed by atoms with van der Waals surface area (Å²) in [6.07, 6.45) is 7.04. The number of hydrogen-bond acceptors (Lipinski definition) is 1. The van der Waals surface area contributed by atoms with E-state index in [1.54, 1.807) is 0 Å². The molecule has 0 heterocycles. The molecular weight excluding hydrogens is 286 g/mol. The van der Waals surface area contributed by atoms with E-state index in [-0.39, 0.29) is 0 Å².